The van der Waals surface area contributed by atoms with Gasteiger partial charge in [-0.3, -0.25) is 4.79 Å². The zero-order valence-electron chi connectivity index (χ0n) is 9.59. The van der Waals surface area contributed by atoms with Gasteiger partial charge in [0, 0.05) is 17.5 Å². The highest BCUT2D eigenvalue weighted by Crippen LogP contribution is 2.19. The Labute approximate surface area is 112 Å². The van der Waals surface area contributed by atoms with Gasteiger partial charge in [0.05, 0.1) is 5.02 Å². The van der Waals surface area contributed by atoms with Crippen molar-refractivity contribution in [2.75, 3.05) is 0 Å². The van der Waals surface area contributed by atoms with Gasteiger partial charge in [-0.1, -0.05) is 17.7 Å². The molecule has 0 heterocycles. The molecule has 2 rings (SSSR count). The van der Waals surface area contributed by atoms with Crippen LogP contribution < -0.4 is 0 Å². The summed E-state index contributed by atoms with van der Waals surface area (Å²) in [5, 5.41) is -0.117. The number of hydrogen-bond acceptors (Lipinski definition) is 1. The Hall–Kier alpha value is -1.81. The third-order valence-corrected chi connectivity index (χ3v) is 2.95. The first-order valence-electron chi connectivity index (χ1n) is 5.40. The Morgan fingerprint density at radius 3 is 2.21 bits per heavy atom. The molecule has 0 bridgehead atoms. The predicted octanol–water partition coefficient (Wildman–Crippen LogP) is 4.18. The van der Waals surface area contributed by atoms with E-state index in [0.29, 0.717) is 0 Å². The summed E-state index contributed by atoms with van der Waals surface area (Å²) in [6, 6.07) is 6.82. The van der Waals surface area contributed by atoms with Gasteiger partial charge in [-0.05, 0) is 30.3 Å². The molecule has 0 unspecified atom stereocenters. The molecule has 0 radical (unpaired) electrons. The molecule has 1 nitrogen and oxygen atoms in total. The molecule has 5 heteroatoms. The average Bonchev–Trinajstić information content (AvgIpc) is 2.37. The summed E-state index contributed by atoms with van der Waals surface area (Å²) in [5.41, 5.74) is -0.313. The van der Waals surface area contributed by atoms with Gasteiger partial charge in [-0.15, -0.1) is 0 Å². The molecule has 0 amide bonds. The smallest absolute Gasteiger partial charge is 0.167 e. The van der Waals surface area contributed by atoms with Crippen molar-refractivity contribution in [1.29, 1.82) is 0 Å². The summed E-state index contributed by atoms with van der Waals surface area (Å²) >= 11 is 5.49. The Morgan fingerprint density at radius 2 is 1.63 bits per heavy atom. The van der Waals surface area contributed by atoms with Crippen LogP contribution >= 0.6 is 11.6 Å². The lowest BCUT2D eigenvalue weighted by molar-refractivity contribution is 0.0990. The fraction of sp³-hybridized carbons (Fsp3) is 0.0714. The number of Topliss-reactive ketones (excluding diaryl/α,β-unsaturated/α-hetero) is 1. The lowest BCUT2D eigenvalue weighted by Gasteiger charge is -2.05. The molecule has 0 saturated carbocycles. The molecule has 0 aliphatic heterocycles. The number of rotatable bonds is 3. The zero-order chi connectivity index (χ0) is 14.0. The quantitative estimate of drug-likeness (QED) is 0.773. The van der Waals surface area contributed by atoms with Crippen LogP contribution in [0.25, 0.3) is 0 Å². The van der Waals surface area contributed by atoms with Crippen molar-refractivity contribution in [3.05, 3.63) is 70.0 Å². The molecule has 19 heavy (non-hydrogen) atoms. The third-order valence-electron chi connectivity index (χ3n) is 2.64. The van der Waals surface area contributed by atoms with Crippen molar-refractivity contribution < 1.29 is 18.0 Å². The van der Waals surface area contributed by atoms with Crippen LogP contribution in [0.2, 0.25) is 5.02 Å². The lowest BCUT2D eigenvalue weighted by Crippen LogP contribution is -2.07. The standard InChI is InChI=1S/C14H8ClF3O/c15-10-5-4-8(6-13(10)18)14(19)7-9-11(16)2-1-3-12(9)17/h1-6H,7H2. The molecule has 0 fully saturated rings. The number of hydrogen-bond donors (Lipinski definition) is 0. The maximum absolute atomic E-state index is 13.4. The van der Waals surface area contributed by atoms with E-state index in [-0.39, 0.29) is 16.1 Å². The van der Waals surface area contributed by atoms with Crippen LogP contribution in [-0.4, -0.2) is 5.78 Å². The highest BCUT2D eigenvalue weighted by molar-refractivity contribution is 6.30. The molecule has 0 N–H and O–H groups in total. The van der Waals surface area contributed by atoms with Crippen LogP contribution in [0.4, 0.5) is 13.2 Å². The van der Waals surface area contributed by atoms with Crippen molar-refractivity contribution in [3.63, 3.8) is 0 Å². The van der Waals surface area contributed by atoms with Crippen molar-refractivity contribution in [2.24, 2.45) is 0 Å². The van der Waals surface area contributed by atoms with Crippen LogP contribution in [0.3, 0.4) is 0 Å². The molecule has 0 atom stereocenters. The van der Waals surface area contributed by atoms with Gasteiger partial charge in [0.1, 0.15) is 17.5 Å². The van der Waals surface area contributed by atoms with Crippen molar-refractivity contribution in [3.8, 4) is 0 Å². The summed E-state index contributed by atoms with van der Waals surface area (Å²) in [6.07, 6.45) is -0.473. The Morgan fingerprint density at radius 1 is 1.00 bits per heavy atom. The molecule has 2 aromatic carbocycles. The molecule has 0 saturated heterocycles. The molecule has 0 aliphatic rings. The van der Waals surface area contributed by atoms with Crippen LogP contribution in [0.1, 0.15) is 15.9 Å². The van der Waals surface area contributed by atoms with Gasteiger partial charge in [-0.25, -0.2) is 13.2 Å². The minimum atomic E-state index is -0.803. The molecular formula is C14H8ClF3O. The summed E-state index contributed by atoms with van der Waals surface area (Å²) in [6.45, 7) is 0. The second-order valence-electron chi connectivity index (χ2n) is 3.93. The highest BCUT2D eigenvalue weighted by atomic mass is 35.5. The first-order chi connectivity index (χ1) is 8.99. The van der Waals surface area contributed by atoms with E-state index >= 15 is 0 Å². The number of ketones is 1. The molecule has 98 valence electrons. The lowest BCUT2D eigenvalue weighted by atomic mass is 10.0. The molecule has 2 aromatic rings. The van der Waals surface area contributed by atoms with Crippen LogP contribution in [0, 0.1) is 17.5 Å². The van der Waals surface area contributed by atoms with Gasteiger partial charge in [0.15, 0.2) is 5.78 Å². The minimum Gasteiger partial charge on any atom is -0.294 e. The van der Waals surface area contributed by atoms with E-state index in [0.717, 1.165) is 18.2 Å². The first-order valence-corrected chi connectivity index (χ1v) is 5.78. The van der Waals surface area contributed by atoms with E-state index in [2.05, 4.69) is 0 Å². The topological polar surface area (TPSA) is 17.1 Å². The fourth-order valence-corrected chi connectivity index (χ4v) is 1.75. The number of benzene rings is 2. The Balaban J connectivity index is 2.28. The van der Waals surface area contributed by atoms with Crippen molar-refractivity contribution in [2.45, 2.75) is 6.42 Å². The molecular weight excluding hydrogens is 277 g/mol. The monoisotopic (exact) mass is 284 g/mol. The summed E-state index contributed by atoms with van der Waals surface area (Å²) in [5.74, 6) is -2.94. The van der Waals surface area contributed by atoms with Crippen molar-refractivity contribution >= 4 is 17.4 Å². The van der Waals surface area contributed by atoms with Gasteiger partial charge in [-0.2, -0.15) is 0 Å². The second-order valence-corrected chi connectivity index (χ2v) is 4.34. The third kappa shape index (κ3) is 2.96. The highest BCUT2D eigenvalue weighted by Gasteiger charge is 2.15. The van der Waals surface area contributed by atoms with Crippen LogP contribution in [0.5, 0.6) is 0 Å². The van der Waals surface area contributed by atoms with Crippen molar-refractivity contribution in [1.82, 2.24) is 0 Å². The SMILES string of the molecule is O=C(Cc1c(F)cccc1F)c1ccc(Cl)c(F)c1. The minimum absolute atomic E-state index is 0.0181. The van der Waals surface area contributed by atoms with E-state index in [1.165, 1.54) is 18.2 Å². The number of halogens is 4. The molecule has 0 aliphatic carbocycles. The van der Waals surface area contributed by atoms with Gasteiger partial charge >= 0.3 is 0 Å². The predicted molar refractivity (Wildman–Crippen MR) is 65.8 cm³/mol. The van der Waals surface area contributed by atoms with Crippen LogP contribution in [0.15, 0.2) is 36.4 Å². The summed E-state index contributed by atoms with van der Waals surface area (Å²) < 4.78 is 40.0. The van der Waals surface area contributed by atoms with E-state index in [1.807, 2.05) is 0 Å². The first kappa shape index (κ1) is 13.6. The normalized spacial score (nSPS) is 10.5. The van der Waals surface area contributed by atoms with Gasteiger partial charge < -0.3 is 0 Å². The van der Waals surface area contributed by atoms with E-state index in [9.17, 15) is 18.0 Å². The van der Waals surface area contributed by atoms with E-state index in [4.69, 9.17) is 11.6 Å². The average molecular weight is 285 g/mol. The largest absolute Gasteiger partial charge is 0.294 e. The second kappa shape index (κ2) is 5.45. The number of carbonyl (C=O) groups is 1. The Bertz CT molecular complexity index is 620. The maximum atomic E-state index is 13.4. The van der Waals surface area contributed by atoms with E-state index < -0.39 is 29.7 Å². The molecule has 0 spiro atoms. The van der Waals surface area contributed by atoms with Gasteiger partial charge in [0.25, 0.3) is 0 Å². The van der Waals surface area contributed by atoms with E-state index in [1.54, 1.807) is 0 Å². The summed E-state index contributed by atoms with van der Waals surface area (Å²) in [4.78, 5) is 11.8. The van der Waals surface area contributed by atoms with Gasteiger partial charge in [0.2, 0.25) is 0 Å². The van der Waals surface area contributed by atoms with Crippen LogP contribution in [-0.2, 0) is 6.42 Å². The fourth-order valence-electron chi connectivity index (χ4n) is 1.63. The Kier molecular flexibility index (Phi) is 3.90. The number of carbonyl (C=O) groups excluding carboxylic acids is 1. The zero-order valence-corrected chi connectivity index (χ0v) is 10.3. The summed E-state index contributed by atoms with van der Waals surface area (Å²) in [7, 11) is 0. The maximum Gasteiger partial charge on any atom is 0.167 e. The molecule has 0 aromatic heterocycles.